The Kier molecular flexibility index (Phi) is 3.15. The van der Waals surface area contributed by atoms with Crippen molar-refractivity contribution >= 4 is 0 Å². The average molecular weight is 130 g/mol. The molecular formula is C7H18N2. The summed E-state index contributed by atoms with van der Waals surface area (Å²) in [5, 5.41) is 3.34. The Balaban J connectivity index is 3.58. The lowest BCUT2D eigenvalue weighted by Crippen LogP contribution is -2.48. The third-order valence-electron chi connectivity index (χ3n) is 1.19. The Labute approximate surface area is 57.8 Å². The Morgan fingerprint density at radius 3 is 2.00 bits per heavy atom. The smallest absolute Gasteiger partial charge is 0.0249 e. The highest BCUT2D eigenvalue weighted by Crippen LogP contribution is 1.99. The second-order valence-electron chi connectivity index (χ2n) is 3.39. The third-order valence-corrected chi connectivity index (χ3v) is 1.19. The summed E-state index contributed by atoms with van der Waals surface area (Å²) in [5.41, 5.74) is 5.58. The van der Waals surface area contributed by atoms with Gasteiger partial charge in [0.1, 0.15) is 0 Å². The van der Waals surface area contributed by atoms with Crippen LogP contribution in [0.15, 0.2) is 0 Å². The van der Waals surface area contributed by atoms with E-state index in [9.17, 15) is 0 Å². The van der Waals surface area contributed by atoms with Gasteiger partial charge in [-0.05, 0) is 13.8 Å². The van der Waals surface area contributed by atoms with Crippen molar-refractivity contribution in [3.05, 3.63) is 0 Å². The molecular weight excluding hydrogens is 112 g/mol. The van der Waals surface area contributed by atoms with Crippen molar-refractivity contribution in [3.8, 4) is 0 Å². The van der Waals surface area contributed by atoms with Gasteiger partial charge in [-0.1, -0.05) is 13.8 Å². The van der Waals surface area contributed by atoms with E-state index in [1.807, 2.05) is 0 Å². The summed E-state index contributed by atoms with van der Waals surface area (Å²) < 4.78 is 0. The molecule has 9 heavy (non-hydrogen) atoms. The molecule has 0 radical (unpaired) electrons. The molecule has 0 aliphatic rings. The van der Waals surface area contributed by atoms with Gasteiger partial charge in [-0.3, -0.25) is 0 Å². The molecule has 2 heteroatoms. The Morgan fingerprint density at radius 2 is 1.89 bits per heavy atom. The van der Waals surface area contributed by atoms with E-state index < -0.39 is 0 Å². The zero-order chi connectivity index (χ0) is 7.49. The second-order valence-corrected chi connectivity index (χ2v) is 3.39. The van der Waals surface area contributed by atoms with Crippen LogP contribution in [-0.2, 0) is 0 Å². The van der Waals surface area contributed by atoms with Crippen LogP contribution in [0, 0.1) is 0 Å². The van der Waals surface area contributed by atoms with E-state index in [4.69, 9.17) is 5.73 Å². The summed E-state index contributed by atoms with van der Waals surface area (Å²) in [7, 11) is 0. The molecule has 0 aromatic rings. The molecule has 0 heterocycles. The van der Waals surface area contributed by atoms with Gasteiger partial charge in [0.25, 0.3) is 0 Å². The molecule has 0 aromatic heterocycles. The molecule has 0 aliphatic heterocycles. The van der Waals surface area contributed by atoms with E-state index in [2.05, 4.69) is 33.0 Å². The highest BCUT2D eigenvalue weighted by molar-refractivity contribution is 4.79. The summed E-state index contributed by atoms with van der Waals surface area (Å²) in [6, 6.07) is 0.517. The SMILES string of the molecule is CC(C)NC(C)(C)CN. The van der Waals surface area contributed by atoms with Crippen molar-refractivity contribution in [3.63, 3.8) is 0 Å². The molecule has 0 bridgehead atoms. The van der Waals surface area contributed by atoms with Gasteiger partial charge < -0.3 is 11.1 Å². The zero-order valence-corrected chi connectivity index (χ0v) is 6.86. The fraction of sp³-hybridized carbons (Fsp3) is 1.00. The Morgan fingerprint density at radius 1 is 1.44 bits per heavy atom. The van der Waals surface area contributed by atoms with Crippen LogP contribution in [0.25, 0.3) is 0 Å². The van der Waals surface area contributed by atoms with E-state index in [1.165, 1.54) is 0 Å². The quantitative estimate of drug-likeness (QED) is 0.591. The first-order chi connectivity index (χ1) is 3.98. The van der Waals surface area contributed by atoms with Gasteiger partial charge >= 0.3 is 0 Å². The molecule has 0 fully saturated rings. The predicted molar refractivity (Wildman–Crippen MR) is 41.4 cm³/mol. The van der Waals surface area contributed by atoms with E-state index in [1.54, 1.807) is 0 Å². The lowest BCUT2D eigenvalue weighted by molar-refractivity contribution is 0.364. The highest BCUT2D eigenvalue weighted by atomic mass is 15.0. The lowest BCUT2D eigenvalue weighted by Gasteiger charge is -2.26. The van der Waals surface area contributed by atoms with Crippen LogP contribution >= 0.6 is 0 Å². The normalized spacial score (nSPS) is 12.7. The molecule has 0 atom stereocenters. The van der Waals surface area contributed by atoms with Crippen molar-refractivity contribution in [1.29, 1.82) is 0 Å². The molecule has 0 spiro atoms. The largest absolute Gasteiger partial charge is 0.329 e. The molecule has 0 rings (SSSR count). The van der Waals surface area contributed by atoms with Gasteiger partial charge in [-0.25, -0.2) is 0 Å². The molecule has 0 aromatic carbocycles. The van der Waals surface area contributed by atoms with Crippen molar-refractivity contribution in [1.82, 2.24) is 5.32 Å². The molecule has 0 unspecified atom stereocenters. The van der Waals surface area contributed by atoms with E-state index >= 15 is 0 Å². The molecule has 0 amide bonds. The predicted octanol–water partition coefficient (Wildman–Crippen LogP) is 0.722. The lowest BCUT2D eigenvalue weighted by atomic mass is 10.1. The minimum absolute atomic E-state index is 0.0914. The monoisotopic (exact) mass is 130 g/mol. The van der Waals surface area contributed by atoms with Crippen LogP contribution < -0.4 is 11.1 Å². The summed E-state index contributed by atoms with van der Waals surface area (Å²) >= 11 is 0. The fourth-order valence-corrected chi connectivity index (χ4v) is 0.840. The summed E-state index contributed by atoms with van der Waals surface area (Å²) in [4.78, 5) is 0. The summed E-state index contributed by atoms with van der Waals surface area (Å²) in [5.74, 6) is 0. The first-order valence-corrected chi connectivity index (χ1v) is 3.46. The van der Waals surface area contributed by atoms with E-state index in [0.29, 0.717) is 12.6 Å². The van der Waals surface area contributed by atoms with Crippen molar-refractivity contribution < 1.29 is 0 Å². The van der Waals surface area contributed by atoms with Crippen molar-refractivity contribution in [2.45, 2.75) is 39.3 Å². The van der Waals surface area contributed by atoms with Gasteiger partial charge in [0.15, 0.2) is 0 Å². The molecule has 0 saturated carbocycles. The number of nitrogens with two attached hydrogens (primary N) is 1. The number of hydrogen-bond donors (Lipinski definition) is 2. The second kappa shape index (κ2) is 3.18. The third kappa shape index (κ3) is 4.43. The van der Waals surface area contributed by atoms with Crippen LogP contribution in [-0.4, -0.2) is 18.1 Å². The van der Waals surface area contributed by atoms with Crippen LogP contribution in [0.1, 0.15) is 27.7 Å². The van der Waals surface area contributed by atoms with Gasteiger partial charge in [-0.15, -0.1) is 0 Å². The van der Waals surface area contributed by atoms with Crippen molar-refractivity contribution in [2.75, 3.05) is 6.54 Å². The van der Waals surface area contributed by atoms with E-state index in [-0.39, 0.29) is 5.54 Å². The van der Waals surface area contributed by atoms with Gasteiger partial charge in [-0.2, -0.15) is 0 Å². The van der Waals surface area contributed by atoms with Crippen LogP contribution in [0.3, 0.4) is 0 Å². The van der Waals surface area contributed by atoms with Crippen LogP contribution in [0.5, 0.6) is 0 Å². The zero-order valence-electron chi connectivity index (χ0n) is 6.86. The summed E-state index contributed by atoms with van der Waals surface area (Å²) in [6.45, 7) is 9.14. The first kappa shape index (κ1) is 8.92. The topological polar surface area (TPSA) is 38.0 Å². The minimum Gasteiger partial charge on any atom is -0.329 e. The average Bonchev–Trinajstić information content (AvgIpc) is 1.63. The number of rotatable bonds is 3. The maximum absolute atomic E-state index is 5.49. The highest BCUT2D eigenvalue weighted by Gasteiger charge is 2.14. The van der Waals surface area contributed by atoms with Gasteiger partial charge in [0, 0.05) is 18.1 Å². The number of hydrogen-bond acceptors (Lipinski definition) is 2. The molecule has 2 nitrogen and oxygen atoms in total. The minimum atomic E-state index is 0.0914. The number of nitrogens with one attached hydrogen (secondary N) is 1. The molecule has 0 aliphatic carbocycles. The Hall–Kier alpha value is -0.0800. The fourth-order valence-electron chi connectivity index (χ4n) is 0.840. The molecule has 0 saturated heterocycles. The van der Waals surface area contributed by atoms with Crippen LogP contribution in [0.4, 0.5) is 0 Å². The first-order valence-electron chi connectivity index (χ1n) is 3.46. The van der Waals surface area contributed by atoms with Gasteiger partial charge in [0.2, 0.25) is 0 Å². The Bertz CT molecular complexity index is 77.0. The standard InChI is InChI=1S/C7H18N2/c1-6(2)9-7(3,4)5-8/h6,9H,5,8H2,1-4H3. The van der Waals surface area contributed by atoms with Crippen molar-refractivity contribution in [2.24, 2.45) is 5.73 Å². The molecule has 56 valence electrons. The van der Waals surface area contributed by atoms with Gasteiger partial charge in [0.05, 0.1) is 0 Å². The maximum atomic E-state index is 5.49. The summed E-state index contributed by atoms with van der Waals surface area (Å²) in [6.07, 6.45) is 0. The van der Waals surface area contributed by atoms with E-state index in [0.717, 1.165) is 0 Å². The molecule has 3 N–H and O–H groups in total. The maximum Gasteiger partial charge on any atom is 0.0249 e. The van der Waals surface area contributed by atoms with Crippen LogP contribution in [0.2, 0.25) is 0 Å².